The first-order chi connectivity index (χ1) is 47.7. The number of thioether (sulfide) groups is 1. The molecule has 35 heteroatoms. The van der Waals surface area contributed by atoms with Crippen molar-refractivity contribution in [1.82, 2.24) is 63.1 Å². The number of aliphatic hydroxyl groups is 1. The van der Waals surface area contributed by atoms with Crippen LogP contribution in [0, 0.1) is 5.92 Å². The number of amides is 11. The number of nitrogens with one attached hydrogen (secondary N) is 11. The van der Waals surface area contributed by atoms with Gasteiger partial charge in [0.1, 0.15) is 72.5 Å². The summed E-state index contributed by atoms with van der Waals surface area (Å²) in [5, 5.41) is 56.4. The van der Waals surface area contributed by atoms with Crippen molar-refractivity contribution >= 4 is 112 Å². The number of carboxylic acid groups (broad SMARTS) is 2. The predicted molar refractivity (Wildman–Crippen MR) is 379 cm³/mol. The third kappa shape index (κ3) is 29.1. The minimum Gasteiger partial charge on any atom is -0.481 e. The van der Waals surface area contributed by atoms with Crippen molar-refractivity contribution in [3.05, 3.63) is 36.0 Å². The molecule has 1 saturated heterocycles. The molecule has 3 rings (SSSR count). The van der Waals surface area contributed by atoms with Gasteiger partial charge in [-0.3, -0.25) is 57.5 Å². The van der Waals surface area contributed by atoms with E-state index in [4.69, 9.17) is 28.7 Å². The molecule has 2 aromatic rings. The molecule has 2 heterocycles. The number of unbranched alkanes of at least 4 members (excludes halogenated alkanes) is 4. The molecule has 13 atom stereocenters. The summed E-state index contributed by atoms with van der Waals surface area (Å²) in [7, 11) is 0. The summed E-state index contributed by atoms with van der Waals surface area (Å²) in [4.78, 5) is 183. The highest BCUT2D eigenvalue weighted by molar-refractivity contribution is 7.98. The van der Waals surface area contributed by atoms with Crippen molar-refractivity contribution in [1.29, 1.82) is 0 Å². The molecular weight excluding hydrogens is 1340 g/mol. The van der Waals surface area contributed by atoms with Gasteiger partial charge in [0.15, 0.2) is 0 Å². The maximum absolute atomic E-state index is 14.5. The van der Waals surface area contributed by atoms with Gasteiger partial charge in [0.25, 0.3) is 0 Å². The Morgan fingerprint density at radius 1 is 0.580 bits per heavy atom. The van der Waals surface area contributed by atoms with Crippen molar-refractivity contribution in [3.63, 3.8) is 0 Å². The van der Waals surface area contributed by atoms with Gasteiger partial charge in [-0.15, -0.1) is 0 Å². The number of nitrogens with zero attached hydrogens (tertiary/aromatic N) is 1. The van der Waals surface area contributed by atoms with E-state index in [9.17, 15) is 77.6 Å². The Kier molecular flexibility index (Phi) is 40.4. The summed E-state index contributed by atoms with van der Waals surface area (Å²) in [5.41, 5.74) is 30.3. The molecule has 1 aliphatic rings. The van der Waals surface area contributed by atoms with E-state index in [0.29, 0.717) is 62.7 Å². The van der Waals surface area contributed by atoms with Crippen LogP contribution >= 0.6 is 24.4 Å². The van der Waals surface area contributed by atoms with E-state index in [-0.39, 0.29) is 96.3 Å². The van der Waals surface area contributed by atoms with Gasteiger partial charge in [-0.1, -0.05) is 38.5 Å². The van der Waals surface area contributed by atoms with Gasteiger partial charge >= 0.3 is 11.9 Å². The molecule has 562 valence electrons. The largest absolute Gasteiger partial charge is 0.481 e. The first kappa shape index (κ1) is 86.6. The lowest BCUT2D eigenvalue weighted by Gasteiger charge is -2.30. The number of aromatic nitrogens is 1. The van der Waals surface area contributed by atoms with Crippen molar-refractivity contribution in [2.75, 3.05) is 57.1 Å². The Morgan fingerprint density at radius 2 is 1.02 bits per heavy atom. The number of fused-ring (bicyclic) bond motifs is 1. The van der Waals surface area contributed by atoms with E-state index >= 15 is 0 Å². The SMILES string of the molecule is CC[C@H](C)[C@H](NC(=O)[C@H](CS)NC(=O)[C@H](CCCCN)NC(=O)[C@@H]1CCCN1C(=O)[C@@H](N)CO)C(=O)N[C@@H](CCSC)C(=O)N[C@@H](CCCCN)C(=O)N[C@@H](CCC(=O)O)C(=O)N[C@@H](CCCCN)C(=O)N[C@@H](CCCCN)C(=O)N[C@@H](C)C(=O)N[C@@H](Cc1c[nH]c2ccccc12)C(=O)O. The van der Waals surface area contributed by atoms with Crippen LogP contribution in [0.25, 0.3) is 10.9 Å². The summed E-state index contributed by atoms with van der Waals surface area (Å²) in [6.07, 6.45) is 6.13. The molecular formula is C65H109N17O16S2. The molecule has 100 heavy (non-hydrogen) atoms. The number of para-hydroxylation sites is 1. The number of carbonyl (C=O) groups excluding carboxylic acids is 11. The first-order valence-electron chi connectivity index (χ1n) is 34.3. The van der Waals surface area contributed by atoms with Crippen molar-refractivity contribution < 1.29 is 77.6 Å². The topological polar surface area (TPSA) is 552 Å². The molecule has 1 aromatic heterocycles. The maximum atomic E-state index is 14.5. The normalized spacial score (nSPS) is 16.4. The number of likely N-dealkylation sites (tertiary alicyclic amines) is 1. The summed E-state index contributed by atoms with van der Waals surface area (Å²) >= 11 is 5.67. The fourth-order valence-corrected chi connectivity index (χ4v) is 11.8. The molecule has 1 aromatic carbocycles. The Bertz CT molecular complexity index is 3000. The number of aliphatic hydroxyl groups excluding tert-OH is 1. The van der Waals surface area contributed by atoms with Crippen LogP contribution in [-0.4, -0.2) is 232 Å². The van der Waals surface area contributed by atoms with E-state index in [1.54, 1.807) is 38.4 Å². The molecule has 0 saturated carbocycles. The summed E-state index contributed by atoms with van der Waals surface area (Å²) < 4.78 is 0. The van der Waals surface area contributed by atoms with Gasteiger partial charge < -0.3 is 107 Å². The van der Waals surface area contributed by atoms with E-state index in [1.165, 1.54) is 23.6 Å². The number of nitrogens with two attached hydrogens (primary N) is 5. The Balaban J connectivity index is 1.86. The lowest BCUT2D eigenvalue weighted by molar-refractivity contribution is -0.142. The van der Waals surface area contributed by atoms with Crippen LogP contribution in [0.4, 0.5) is 0 Å². The molecule has 0 aliphatic carbocycles. The maximum Gasteiger partial charge on any atom is 0.326 e. The second-order valence-corrected chi connectivity index (χ2v) is 26.4. The van der Waals surface area contributed by atoms with E-state index in [2.05, 4.69) is 70.8 Å². The number of hydrogen-bond donors (Lipinski definition) is 20. The molecule has 11 amide bonds. The Labute approximate surface area is 593 Å². The molecule has 0 spiro atoms. The molecule has 1 fully saturated rings. The highest BCUT2D eigenvalue weighted by Gasteiger charge is 2.40. The average Bonchev–Trinajstić information content (AvgIpc) is 1.67. The van der Waals surface area contributed by atoms with Crippen LogP contribution in [-0.2, 0) is 68.7 Å². The number of carboxylic acids is 2. The Morgan fingerprint density at radius 3 is 1.48 bits per heavy atom. The quantitative estimate of drug-likeness (QED) is 0.0233. The minimum absolute atomic E-state index is 0.00607. The smallest absolute Gasteiger partial charge is 0.326 e. The summed E-state index contributed by atoms with van der Waals surface area (Å²) in [5.74, 6) is -12.2. The number of carbonyl (C=O) groups is 13. The molecule has 0 bridgehead atoms. The zero-order valence-electron chi connectivity index (χ0n) is 57.8. The van der Waals surface area contributed by atoms with Crippen molar-refractivity contribution in [2.24, 2.45) is 34.6 Å². The fourth-order valence-electron chi connectivity index (χ4n) is 11.1. The van der Waals surface area contributed by atoms with Gasteiger partial charge in [-0.05, 0) is 165 Å². The van der Waals surface area contributed by atoms with Gasteiger partial charge in [0.05, 0.1) is 6.61 Å². The van der Waals surface area contributed by atoms with Crippen LogP contribution in [0.15, 0.2) is 30.5 Å². The molecule has 0 radical (unpaired) electrons. The van der Waals surface area contributed by atoms with E-state index in [1.807, 2.05) is 12.1 Å². The summed E-state index contributed by atoms with van der Waals surface area (Å²) in [6, 6.07) is -8.76. The van der Waals surface area contributed by atoms with Gasteiger partial charge in [-0.2, -0.15) is 24.4 Å². The number of hydrogen-bond acceptors (Lipinski definition) is 21. The molecule has 0 unspecified atom stereocenters. The molecule has 24 N–H and O–H groups in total. The number of rotatable bonds is 50. The van der Waals surface area contributed by atoms with Crippen LogP contribution in [0.3, 0.4) is 0 Å². The number of benzene rings is 1. The van der Waals surface area contributed by atoms with Crippen molar-refractivity contribution in [3.8, 4) is 0 Å². The highest BCUT2D eigenvalue weighted by Crippen LogP contribution is 2.22. The number of thiol groups is 1. The monoisotopic (exact) mass is 1450 g/mol. The van der Waals surface area contributed by atoms with Crippen molar-refractivity contribution in [2.45, 2.75) is 215 Å². The van der Waals surface area contributed by atoms with Gasteiger partial charge in [0, 0.05) is 42.2 Å². The predicted octanol–water partition coefficient (Wildman–Crippen LogP) is -2.92. The minimum atomic E-state index is -1.65. The average molecular weight is 1450 g/mol. The first-order valence-corrected chi connectivity index (χ1v) is 36.4. The van der Waals surface area contributed by atoms with Crippen LogP contribution in [0.1, 0.15) is 142 Å². The van der Waals surface area contributed by atoms with Gasteiger partial charge in [-0.25, -0.2) is 4.79 Å². The van der Waals surface area contributed by atoms with E-state index in [0.717, 1.165) is 10.9 Å². The number of aliphatic carboxylic acids is 2. The lowest BCUT2D eigenvalue weighted by atomic mass is 9.97. The third-order valence-electron chi connectivity index (χ3n) is 17.3. The molecule has 1 aliphatic heterocycles. The highest BCUT2D eigenvalue weighted by atomic mass is 32.2. The Hall–Kier alpha value is -7.67. The standard InChI is InChI=1S/C65H109N17O16S2/c1-5-37(2)53(81-61(93)50(36-99)80-58(90)46(22-11-15-30-69)77-62(94)51-23-16-31-82(51)64(96)41(70)35-83)63(95)78-48(26-32-100-4)60(92)75-45(21-10-14-29-68)57(89)76-47(24-25-52(84)85)59(91)74-44(20-9-13-28-67)56(88)73-43(19-8-12-27-66)55(87)72-38(3)54(86)79-49(65(97)98)33-39-34-71-42-18-7-6-17-40(39)42/h6-7,17-18,34,37-38,41,43-51,53,71,83,99H,5,8-16,19-33,35-36,66-70H2,1-4H3,(H,72,87)(H,73,88)(H,74,91)(H,75,92)(H,76,89)(H,77,94)(H,78,95)(H,79,86)(H,80,90)(H,81,93)(H,84,85)(H,97,98)/t37-,38-,41-,43-,44-,45-,46-,47-,48-,49-,50-,51-,53-/m0/s1. The molecule has 33 nitrogen and oxygen atoms in total. The van der Waals surface area contributed by atoms with Crippen LogP contribution in [0.2, 0.25) is 0 Å². The van der Waals surface area contributed by atoms with Crippen LogP contribution in [0.5, 0.6) is 0 Å². The number of H-pyrrole nitrogens is 1. The zero-order chi connectivity index (χ0) is 74.4. The van der Waals surface area contributed by atoms with E-state index < -0.39 is 175 Å². The second-order valence-electron chi connectivity index (χ2n) is 25.0. The number of aromatic amines is 1. The second kappa shape index (κ2) is 46.7. The summed E-state index contributed by atoms with van der Waals surface area (Å²) in [6.45, 7) is 5.24. The fraction of sp³-hybridized carbons (Fsp3) is 0.677. The van der Waals surface area contributed by atoms with Gasteiger partial charge in [0.2, 0.25) is 65.0 Å². The third-order valence-corrected chi connectivity index (χ3v) is 18.3. The lowest BCUT2D eigenvalue weighted by Crippen LogP contribution is -2.61. The van der Waals surface area contributed by atoms with Crippen LogP contribution < -0.4 is 81.8 Å². The zero-order valence-corrected chi connectivity index (χ0v) is 59.5.